The fourth-order valence-corrected chi connectivity index (χ4v) is 3.56. The van der Waals surface area contributed by atoms with Crippen LogP contribution in [-0.4, -0.2) is 27.3 Å². The predicted molar refractivity (Wildman–Crippen MR) is 116 cm³/mol. The molecule has 1 aliphatic heterocycles. The van der Waals surface area contributed by atoms with Gasteiger partial charge in [-0.15, -0.1) is 0 Å². The van der Waals surface area contributed by atoms with Crippen molar-refractivity contribution in [3.8, 4) is 0 Å². The molecule has 0 saturated heterocycles. The molecule has 0 unspecified atom stereocenters. The molecule has 1 amide bonds. The Hall–Kier alpha value is -3.15. The number of carbonyl (C=O) groups excluding carboxylic acids is 1. The maximum absolute atomic E-state index is 13.0. The van der Waals surface area contributed by atoms with E-state index in [1.165, 1.54) is 0 Å². The van der Waals surface area contributed by atoms with E-state index in [2.05, 4.69) is 29.1 Å². The molecule has 3 aromatic rings. The highest BCUT2D eigenvalue weighted by Gasteiger charge is 2.26. The van der Waals surface area contributed by atoms with Gasteiger partial charge in [0.15, 0.2) is 5.89 Å². The zero-order chi connectivity index (χ0) is 20.9. The monoisotopic (exact) mass is 404 g/mol. The van der Waals surface area contributed by atoms with Gasteiger partial charge in [0.05, 0.1) is 6.54 Å². The molecule has 6 nitrogen and oxygen atoms in total. The maximum atomic E-state index is 13.0. The first-order valence-corrected chi connectivity index (χ1v) is 10.6. The van der Waals surface area contributed by atoms with E-state index in [0.29, 0.717) is 24.6 Å². The van der Waals surface area contributed by atoms with Crippen molar-refractivity contribution in [1.82, 2.24) is 14.9 Å². The number of anilines is 1. The highest BCUT2D eigenvalue weighted by molar-refractivity contribution is 5.94. The van der Waals surface area contributed by atoms with Crippen molar-refractivity contribution in [2.45, 2.75) is 46.2 Å². The Bertz CT molecular complexity index is 980. The molecule has 2 aromatic heterocycles. The number of nitrogens with zero attached hydrogens (tertiary/aromatic N) is 3. The summed E-state index contributed by atoms with van der Waals surface area (Å²) in [6.45, 7) is 6.29. The Morgan fingerprint density at radius 3 is 2.67 bits per heavy atom. The quantitative estimate of drug-likeness (QED) is 0.629. The van der Waals surface area contributed by atoms with Crippen LogP contribution in [0.2, 0.25) is 0 Å². The lowest BCUT2D eigenvalue weighted by Crippen LogP contribution is -2.35. The standard InChI is InChI=1S/C24H28N4O2/c1-17(2)3-8-23-27-21-16-28(14-11-22(21)30-23)24(29)19-4-6-20(7-5-19)26-15-18-9-12-25-13-10-18/h4-7,9-10,12-13,17,26H,3,8,11,14-16H2,1-2H3. The first-order valence-electron chi connectivity index (χ1n) is 10.6. The van der Waals surface area contributed by atoms with Gasteiger partial charge < -0.3 is 14.6 Å². The maximum Gasteiger partial charge on any atom is 0.254 e. The van der Waals surface area contributed by atoms with E-state index in [4.69, 9.17) is 4.42 Å². The summed E-state index contributed by atoms with van der Waals surface area (Å²) in [5, 5.41) is 3.37. The molecule has 0 radical (unpaired) electrons. The molecule has 1 aromatic carbocycles. The Balaban J connectivity index is 1.35. The Kier molecular flexibility index (Phi) is 6.12. The Labute approximate surface area is 177 Å². The summed E-state index contributed by atoms with van der Waals surface area (Å²) >= 11 is 0. The minimum absolute atomic E-state index is 0.0352. The lowest BCUT2D eigenvalue weighted by atomic mass is 10.1. The molecule has 0 atom stereocenters. The first kappa shape index (κ1) is 20.1. The molecule has 0 bridgehead atoms. The normalized spacial score (nSPS) is 13.4. The second-order valence-corrected chi connectivity index (χ2v) is 8.17. The molecule has 0 fully saturated rings. The number of fused-ring (bicyclic) bond motifs is 1. The van der Waals surface area contributed by atoms with Crippen LogP contribution in [0, 0.1) is 5.92 Å². The van der Waals surface area contributed by atoms with Gasteiger partial charge >= 0.3 is 0 Å². The van der Waals surface area contributed by atoms with E-state index in [-0.39, 0.29) is 5.91 Å². The molecule has 3 heterocycles. The number of pyridine rings is 1. The van der Waals surface area contributed by atoms with Crippen LogP contribution in [0.1, 0.15) is 53.5 Å². The number of hydrogen-bond donors (Lipinski definition) is 1. The van der Waals surface area contributed by atoms with Gasteiger partial charge in [0, 0.05) is 49.6 Å². The van der Waals surface area contributed by atoms with Gasteiger partial charge in [0.25, 0.3) is 5.91 Å². The Morgan fingerprint density at radius 1 is 1.17 bits per heavy atom. The molecular formula is C24H28N4O2. The fourth-order valence-electron chi connectivity index (χ4n) is 3.56. The van der Waals surface area contributed by atoms with Crippen LogP contribution in [0.4, 0.5) is 5.69 Å². The summed E-state index contributed by atoms with van der Waals surface area (Å²) in [5.41, 5.74) is 3.74. The number of aromatic nitrogens is 2. The molecular weight excluding hydrogens is 376 g/mol. The second kappa shape index (κ2) is 9.11. The summed E-state index contributed by atoms with van der Waals surface area (Å²) < 4.78 is 5.91. The summed E-state index contributed by atoms with van der Waals surface area (Å²) in [5.74, 6) is 2.39. The molecule has 30 heavy (non-hydrogen) atoms. The van der Waals surface area contributed by atoms with Gasteiger partial charge in [-0.05, 0) is 54.3 Å². The number of oxazole rings is 1. The number of rotatable bonds is 7. The van der Waals surface area contributed by atoms with Crippen LogP contribution >= 0.6 is 0 Å². The van der Waals surface area contributed by atoms with Crippen molar-refractivity contribution in [3.05, 3.63) is 77.3 Å². The second-order valence-electron chi connectivity index (χ2n) is 8.17. The zero-order valence-corrected chi connectivity index (χ0v) is 17.6. The molecule has 1 N–H and O–H groups in total. The molecule has 0 spiro atoms. The van der Waals surface area contributed by atoms with E-state index in [1.807, 2.05) is 41.3 Å². The van der Waals surface area contributed by atoms with Crippen LogP contribution in [0.25, 0.3) is 0 Å². The van der Waals surface area contributed by atoms with Crippen LogP contribution < -0.4 is 5.32 Å². The average Bonchev–Trinajstić information content (AvgIpc) is 3.19. The lowest BCUT2D eigenvalue weighted by Gasteiger charge is -2.25. The van der Waals surface area contributed by atoms with Gasteiger partial charge in [0.1, 0.15) is 11.5 Å². The van der Waals surface area contributed by atoms with Crippen LogP contribution in [-0.2, 0) is 25.9 Å². The van der Waals surface area contributed by atoms with Gasteiger partial charge in [-0.2, -0.15) is 0 Å². The van der Waals surface area contributed by atoms with Crippen LogP contribution in [0.5, 0.6) is 0 Å². The summed E-state index contributed by atoms with van der Waals surface area (Å²) in [4.78, 5) is 23.5. The highest BCUT2D eigenvalue weighted by Crippen LogP contribution is 2.23. The minimum Gasteiger partial charge on any atom is -0.445 e. The highest BCUT2D eigenvalue weighted by atomic mass is 16.4. The van der Waals surface area contributed by atoms with Crippen LogP contribution in [0.15, 0.2) is 53.2 Å². The lowest BCUT2D eigenvalue weighted by molar-refractivity contribution is 0.0728. The number of nitrogens with one attached hydrogen (secondary N) is 1. The molecule has 156 valence electrons. The molecule has 0 aliphatic carbocycles. The van der Waals surface area contributed by atoms with E-state index in [0.717, 1.165) is 54.4 Å². The molecule has 6 heteroatoms. The predicted octanol–water partition coefficient (Wildman–Crippen LogP) is 4.47. The van der Waals surface area contributed by atoms with Gasteiger partial charge in [0.2, 0.25) is 0 Å². The fraction of sp³-hybridized carbons (Fsp3) is 0.375. The minimum atomic E-state index is 0.0352. The third-order valence-corrected chi connectivity index (χ3v) is 5.37. The van der Waals surface area contributed by atoms with Crippen LogP contribution in [0.3, 0.4) is 0 Å². The average molecular weight is 405 g/mol. The summed E-state index contributed by atoms with van der Waals surface area (Å²) in [7, 11) is 0. The van der Waals surface area contributed by atoms with Crippen molar-refractivity contribution in [2.24, 2.45) is 5.92 Å². The van der Waals surface area contributed by atoms with E-state index < -0.39 is 0 Å². The number of aryl methyl sites for hydroxylation is 1. The van der Waals surface area contributed by atoms with Crippen molar-refractivity contribution in [3.63, 3.8) is 0 Å². The smallest absolute Gasteiger partial charge is 0.254 e. The van der Waals surface area contributed by atoms with Gasteiger partial charge in [-0.25, -0.2) is 4.98 Å². The molecule has 0 saturated carbocycles. The van der Waals surface area contributed by atoms with E-state index in [9.17, 15) is 4.79 Å². The number of hydrogen-bond acceptors (Lipinski definition) is 5. The summed E-state index contributed by atoms with van der Waals surface area (Å²) in [6.07, 6.45) is 6.20. The molecule has 1 aliphatic rings. The number of benzene rings is 1. The third-order valence-electron chi connectivity index (χ3n) is 5.37. The van der Waals surface area contributed by atoms with Gasteiger partial charge in [-0.3, -0.25) is 9.78 Å². The topological polar surface area (TPSA) is 71.3 Å². The van der Waals surface area contributed by atoms with Crippen molar-refractivity contribution in [1.29, 1.82) is 0 Å². The SMILES string of the molecule is CC(C)CCc1nc2c(o1)CCN(C(=O)c1ccc(NCc3ccncc3)cc1)C2. The van der Waals surface area contributed by atoms with Crippen molar-refractivity contribution < 1.29 is 9.21 Å². The number of amides is 1. The van der Waals surface area contributed by atoms with Crippen molar-refractivity contribution in [2.75, 3.05) is 11.9 Å². The summed E-state index contributed by atoms with van der Waals surface area (Å²) in [6, 6.07) is 11.6. The Morgan fingerprint density at radius 2 is 1.93 bits per heavy atom. The van der Waals surface area contributed by atoms with Crippen molar-refractivity contribution >= 4 is 11.6 Å². The zero-order valence-electron chi connectivity index (χ0n) is 17.6. The van der Waals surface area contributed by atoms with E-state index in [1.54, 1.807) is 12.4 Å². The third kappa shape index (κ3) is 4.87. The first-order chi connectivity index (χ1) is 14.6. The number of carbonyl (C=O) groups is 1. The largest absolute Gasteiger partial charge is 0.445 e. The van der Waals surface area contributed by atoms with Gasteiger partial charge in [-0.1, -0.05) is 13.8 Å². The van der Waals surface area contributed by atoms with E-state index >= 15 is 0 Å². The molecule has 4 rings (SSSR count).